The standard InChI is InChI=1S/C15H14N2O3/c1-19-15(18)12-4-2-11(3-5-12)14-7-6-13(20-14)10-17-9-8-16/h2-7,17H,9-10H2,1H3/p+1. The molecule has 20 heavy (non-hydrogen) atoms. The average Bonchev–Trinajstić information content (AvgIpc) is 2.96. The van der Waals surface area contributed by atoms with Crippen LogP contribution in [0, 0.1) is 11.3 Å². The summed E-state index contributed by atoms with van der Waals surface area (Å²) in [6, 6.07) is 12.8. The number of benzene rings is 1. The molecule has 0 saturated carbocycles. The Morgan fingerprint density at radius 3 is 2.70 bits per heavy atom. The molecule has 0 spiro atoms. The summed E-state index contributed by atoms with van der Waals surface area (Å²) in [7, 11) is 1.35. The summed E-state index contributed by atoms with van der Waals surface area (Å²) >= 11 is 0. The second-order valence-electron chi connectivity index (χ2n) is 4.19. The first-order chi connectivity index (χ1) is 9.74. The number of hydrogen-bond donors (Lipinski definition) is 1. The molecule has 0 atom stereocenters. The summed E-state index contributed by atoms with van der Waals surface area (Å²) in [4.78, 5) is 11.3. The van der Waals surface area contributed by atoms with Crippen LogP contribution in [-0.4, -0.2) is 19.6 Å². The third-order valence-corrected chi connectivity index (χ3v) is 2.83. The first-order valence-corrected chi connectivity index (χ1v) is 6.20. The van der Waals surface area contributed by atoms with E-state index >= 15 is 0 Å². The number of carbonyl (C=O) groups excluding carboxylic acids is 1. The first kappa shape index (κ1) is 13.8. The molecular weight excluding hydrogens is 256 g/mol. The fourth-order valence-corrected chi connectivity index (χ4v) is 1.81. The lowest BCUT2D eigenvalue weighted by Gasteiger charge is -2.00. The molecular formula is C15H15N2O3+. The van der Waals surface area contributed by atoms with Gasteiger partial charge in [0.05, 0.1) is 12.7 Å². The molecule has 2 N–H and O–H groups in total. The molecule has 2 rings (SSSR count). The quantitative estimate of drug-likeness (QED) is 0.505. The van der Waals surface area contributed by atoms with Crippen molar-refractivity contribution in [3.8, 4) is 17.4 Å². The Kier molecular flexibility index (Phi) is 4.53. The van der Waals surface area contributed by atoms with Gasteiger partial charge in [-0.25, -0.2) is 4.79 Å². The highest BCUT2D eigenvalue weighted by Gasteiger charge is 2.08. The maximum atomic E-state index is 11.3. The summed E-state index contributed by atoms with van der Waals surface area (Å²) in [6.07, 6.45) is 0. The molecule has 0 unspecified atom stereocenters. The van der Waals surface area contributed by atoms with E-state index in [4.69, 9.17) is 9.68 Å². The molecule has 0 bridgehead atoms. The fraction of sp³-hybridized carbons (Fsp3) is 0.200. The van der Waals surface area contributed by atoms with E-state index in [0.717, 1.165) is 17.1 Å². The summed E-state index contributed by atoms with van der Waals surface area (Å²) in [5, 5.41) is 10.3. The number of methoxy groups -OCH3 is 1. The van der Waals surface area contributed by atoms with Gasteiger partial charge in [0.15, 0.2) is 12.3 Å². The first-order valence-electron chi connectivity index (χ1n) is 6.20. The zero-order valence-corrected chi connectivity index (χ0v) is 11.1. The Balaban J connectivity index is 2.08. The van der Waals surface area contributed by atoms with Crippen LogP contribution in [0.3, 0.4) is 0 Å². The lowest BCUT2D eigenvalue weighted by molar-refractivity contribution is -0.662. The van der Waals surface area contributed by atoms with Crippen LogP contribution in [0.4, 0.5) is 0 Å². The van der Waals surface area contributed by atoms with Crippen molar-refractivity contribution < 1.29 is 19.3 Å². The molecule has 0 aliphatic rings. The van der Waals surface area contributed by atoms with Gasteiger partial charge >= 0.3 is 5.97 Å². The monoisotopic (exact) mass is 271 g/mol. The van der Waals surface area contributed by atoms with Crippen LogP contribution < -0.4 is 5.32 Å². The van der Waals surface area contributed by atoms with E-state index in [1.165, 1.54) is 7.11 Å². The van der Waals surface area contributed by atoms with Crippen molar-refractivity contribution in [2.24, 2.45) is 0 Å². The molecule has 2 aromatic rings. The molecule has 0 amide bonds. The molecule has 1 aromatic heterocycles. The minimum Gasteiger partial charge on any atom is -0.465 e. The maximum Gasteiger partial charge on any atom is 0.337 e. The number of hydrogen-bond acceptors (Lipinski definition) is 4. The van der Waals surface area contributed by atoms with E-state index in [9.17, 15) is 4.79 Å². The number of carbonyl (C=O) groups is 1. The van der Waals surface area contributed by atoms with Crippen LogP contribution in [0.2, 0.25) is 0 Å². The van der Waals surface area contributed by atoms with Crippen molar-refractivity contribution >= 4 is 5.97 Å². The van der Waals surface area contributed by atoms with Crippen LogP contribution in [-0.2, 0) is 11.3 Å². The maximum absolute atomic E-state index is 11.3. The van der Waals surface area contributed by atoms with E-state index < -0.39 is 0 Å². The predicted molar refractivity (Wildman–Crippen MR) is 71.6 cm³/mol. The highest BCUT2D eigenvalue weighted by atomic mass is 16.5. The van der Waals surface area contributed by atoms with Gasteiger partial charge < -0.3 is 14.5 Å². The van der Waals surface area contributed by atoms with Gasteiger partial charge in [0, 0.05) is 5.56 Å². The van der Waals surface area contributed by atoms with Gasteiger partial charge in [-0.05, 0) is 24.3 Å². The van der Waals surface area contributed by atoms with Gasteiger partial charge in [-0.3, -0.25) is 0 Å². The van der Waals surface area contributed by atoms with E-state index in [2.05, 4.69) is 10.8 Å². The minimum absolute atomic E-state index is 0.359. The lowest BCUT2D eigenvalue weighted by Crippen LogP contribution is -2.82. The SMILES string of the molecule is COC(=O)c1ccc(-c2ccc(C[NH2+]CC#N)o2)cc1. The van der Waals surface area contributed by atoms with Crippen LogP contribution in [0.15, 0.2) is 40.8 Å². The van der Waals surface area contributed by atoms with Crippen LogP contribution in [0.25, 0.3) is 11.3 Å². The van der Waals surface area contributed by atoms with Gasteiger partial charge in [0.2, 0.25) is 0 Å². The smallest absolute Gasteiger partial charge is 0.337 e. The van der Waals surface area contributed by atoms with E-state index in [0.29, 0.717) is 18.7 Å². The predicted octanol–water partition coefficient (Wildman–Crippen LogP) is 1.32. The Labute approximate surface area is 116 Å². The topological polar surface area (TPSA) is 79.8 Å². The number of nitrogens with two attached hydrogens (primary N) is 1. The molecule has 5 heteroatoms. The van der Waals surface area contributed by atoms with E-state index in [1.807, 2.05) is 29.6 Å². The zero-order chi connectivity index (χ0) is 14.4. The third kappa shape index (κ3) is 3.25. The third-order valence-electron chi connectivity index (χ3n) is 2.83. The van der Waals surface area contributed by atoms with Gasteiger partial charge in [-0.15, -0.1) is 0 Å². The van der Waals surface area contributed by atoms with E-state index in [1.54, 1.807) is 12.1 Å². The summed E-state index contributed by atoms with van der Waals surface area (Å²) in [5.41, 5.74) is 1.40. The molecule has 0 fully saturated rings. The lowest BCUT2D eigenvalue weighted by atomic mass is 10.1. The summed E-state index contributed by atoms with van der Waals surface area (Å²) < 4.78 is 10.3. The molecule has 1 aromatic carbocycles. The molecule has 0 saturated heterocycles. The molecule has 1 heterocycles. The van der Waals surface area contributed by atoms with Crippen molar-refractivity contribution in [3.63, 3.8) is 0 Å². The number of esters is 1. The molecule has 0 radical (unpaired) electrons. The fourth-order valence-electron chi connectivity index (χ4n) is 1.81. The van der Waals surface area contributed by atoms with Gasteiger partial charge in [-0.2, -0.15) is 5.26 Å². The average molecular weight is 271 g/mol. The van der Waals surface area contributed by atoms with Crippen LogP contribution in [0.1, 0.15) is 16.1 Å². The highest BCUT2D eigenvalue weighted by Crippen LogP contribution is 2.22. The Bertz CT molecular complexity index is 623. The van der Waals surface area contributed by atoms with Gasteiger partial charge in [0.25, 0.3) is 0 Å². The summed E-state index contributed by atoms with van der Waals surface area (Å²) in [5.74, 6) is 1.19. The number of rotatable bonds is 5. The van der Waals surface area contributed by atoms with Crippen molar-refractivity contribution in [2.45, 2.75) is 6.54 Å². The second-order valence-corrected chi connectivity index (χ2v) is 4.19. The number of nitriles is 1. The van der Waals surface area contributed by atoms with Crippen LogP contribution >= 0.6 is 0 Å². The Morgan fingerprint density at radius 2 is 2.05 bits per heavy atom. The molecule has 102 valence electrons. The second kappa shape index (κ2) is 6.55. The Hall–Kier alpha value is -2.58. The van der Waals surface area contributed by atoms with Crippen LogP contribution in [0.5, 0.6) is 0 Å². The van der Waals surface area contributed by atoms with Crippen molar-refractivity contribution in [1.82, 2.24) is 0 Å². The number of ether oxygens (including phenoxy) is 1. The Morgan fingerprint density at radius 1 is 1.30 bits per heavy atom. The largest absolute Gasteiger partial charge is 0.465 e. The molecule has 0 aliphatic heterocycles. The summed E-state index contributed by atoms with van der Waals surface area (Å²) in [6.45, 7) is 1.04. The van der Waals surface area contributed by atoms with Crippen molar-refractivity contribution in [1.29, 1.82) is 5.26 Å². The zero-order valence-electron chi connectivity index (χ0n) is 11.1. The number of furan rings is 1. The van der Waals surface area contributed by atoms with Crippen molar-refractivity contribution in [3.05, 3.63) is 47.7 Å². The van der Waals surface area contributed by atoms with Crippen molar-refractivity contribution in [2.75, 3.05) is 13.7 Å². The molecule has 0 aliphatic carbocycles. The minimum atomic E-state index is -0.359. The van der Waals surface area contributed by atoms with E-state index in [-0.39, 0.29) is 5.97 Å². The van der Waals surface area contributed by atoms with Gasteiger partial charge in [0.1, 0.15) is 18.4 Å². The number of quaternary nitrogens is 1. The normalized spacial score (nSPS) is 10.0. The molecule has 5 nitrogen and oxygen atoms in total. The van der Waals surface area contributed by atoms with Gasteiger partial charge in [-0.1, -0.05) is 12.1 Å². The number of nitrogens with zero attached hydrogens (tertiary/aromatic N) is 1. The highest BCUT2D eigenvalue weighted by molar-refractivity contribution is 5.89.